The minimum atomic E-state index is 0.0120. The van der Waals surface area contributed by atoms with Crippen molar-refractivity contribution in [3.05, 3.63) is 47.0 Å². The van der Waals surface area contributed by atoms with Gasteiger partial charge in [-0.3, -0.25) is 14.3 Å². The summed E-state index contributed by atoms with van der Waals surface area (Å²) in [4.78, 5) is 20.1. The van der Waals surface area contributed by atoms with Gasteiger partial charge in [-0.15, -0.1) is 0 Å². The van der Waals surface area contributed by atoms with Crippen molar-refractivity contribution in [3.8, 4) is 0 Å². The third-order valence-corrected chi connectivity index (χ3v) is 4.90. The third-order valence-electron chi connectivity index (χ3n) is 4.90. The number of pyridine rings is 1. The van der Waals surface area contributed by atoms with Crippen LogP contribution in [0, 0.1) is 0 Å². The van der Waals surface area contributed by atoms with E-state index in [4.69, 9.17) is 0 Å². The number of likely N-dealkylation sites (N-methyl/N-ethyl adjacent to an activating group) is 1. The molecule has 7 heteroatoms. The Balaban J connectivity index is 1.88. The van der Waals surface area contributed by atoms with Crippen LogP contribution in [-0.4, -0.2) is 51.7 Å². The van der Waals surface area contributed by atoms with Crippen molar-refractivity contribution in [1.82, 2.24) is 24.5 Å². The lowest BCUT2D eigenvalue weighted by Crippen LogP contribution is -2.21. The Morgan fingerprint density at radius 2 is 2.08 bits per heavy atom. The van der Waals surface area contributed by atoms with Crippen molar-refractivity contribution < 1.29 is 0 Å². The van der Waals surface area contributed by atoms with Gasteiger partial charge in [0, 0.05) is 24.2 Å². The van der Waals surface area contributed by atoms with Gasteiger partial charge in [0.25, 0.3) is 0 Å². The van der Waals surface area contributed by atoms with Gasteiger partial charge in [-0.1, -0.05) is 0 Å². The van der Waals surface area contributed by atoms with Crippen LogP contribution >= 0.6 is 0 Å². The number of aromatic nitrogens is 4. The molecule has 5 aromatic rings. The summed E-state index contributed by atoms with van der Waals surface area (Å²) in [7, 11) is 4.06. The first-order valence-corrected chi connectivity index (χ1v) is 8.55. The third kappa shape index (κ3) is 2.01. The Morgan fingerprint density at radius 3 is 2.92 bits per heavy atom. The molecule has 0 amide bonds. The van der Waals surface area contributed by atoms with Gasteiger partial charge in [0.15, 0.2) is 5.43 Å². The molecule has 5 rings (SSSR count). The summed E-state index contributed by atoms with van der Waals surface area (Å²) in [6.07, 6.45) is 3.50. The van der Waals surface area contributed by atoms with Crippen molar-refractivity contribution in [1.29, 1.82) is 0 Å². The fourth-order valence-electron chi connectivity index (χ4n) is 3.65. The standard InChI is InChI=1S/C19H18N6O/c1-24(2)8-7-20-13-3-4-14-18-17(13)19(26)16-11-9-22-23-12(11)5-6-15(16)25(18)10-21-14/h3-6,9-10,20H,7-8H2,1-2H3,(H,22,23). The van der Waals surface area contributed by atoms with Crippen LogP contribution in [0.1, 0.15) is 0 Å². The highest BCUT2D eigenvalue weighted by Crippen LogP contribution is 2.30. The number of aromatic amines is 1. The summed E-state index contributed by atoms with van der Waals surface area (Å²) < 4.78 is 2.00. The molecule has 0 aliphatic rings. The zero-order valence-corrected chi connectivity index (χ0v) is 14.6. The van der Waals surface area contributed by atoms with Crippen molar-refractivity contribution in [2.45, 2.75) is 0 Å². The quantitative estimate of drug-likeness (QED) is 0.488. The fourth-order valence-corrected chi connectivity index (χ4v) is 3.65. The highest BCUT2D eigenvalue weighted by molar-refractivity contribution is 6.13. The second-order valence-corrected chi connectivity index (χ2v) is 6.82. The molecule has 130 valence electrons. The lowest BCUT2D eigenvalue weighted by molar-refractivity contribution is 0.425. The topological polar surface area (TPSA) is 78.3 Å². The average molecular weight is 346 g/mol. The highest BCUT2D eigenvalue weighted by atomic mass is 16.1. The molecule has 0 radical (unpaired) electrons. The van der Waals surface area contributed by atoms with E-state index in [1.807, 2.05) is 42.8 Å². The van der Waals surface area contributed by atoms with Crippen LogP contribution < -0.4 is 10.7 Å². The first kappa shape index (κ1) is 15.1. The molecule has 26 heavy (non-hydrogen) atoms. The van der Waals surface area contributed by atoms with E-state index >= 15 is 0 Å². The molecule has 0 atom stereocenters. The molecular formula is C19H18N6O. The first-order chi connectivity index (χ1) is 12.6. The molecule has 0 aliphatic heterocycles. The van der Waals surface area contributed by atoms with Crippen LogP contribution in [0.2, 0.25) is 0 Å². The Hall–Kier alpha value is -3.19. The van der Waals surface area contributed by atoms with E-state index in [0.29, 0.717) is 10.8 Å². The number of hydrogen-bond donors (Lipinski definition) is 2. The molecule has 0 bridgehead atoms. The molecule has 0 aliphatic carbocycles. The summed E-state index contributed by atoms with van der Waals surface area (Å²) in [5.41, 5.74) is 4.25. The molecule has 0 spiro atoms. The van der Waals surface area contributed by atoms with Crippen molar-refractivity contribution in [2.75, 3.05) is 32.5 Å². The number of nitrogens with zero attached hydrogens (tertiary/aromatic N) is 4. The molecule has 0 fully saturated rings. The number of H-pyrrole nitrogens is 1. The Kier molecular flexibility index (Phi) is 3.14. The predicted molar refractivity (Wildman–Crippen MR) is 104 cm³/mol. The fraction of sp³-hybridized carbons (Fsp3) is 0.211. The van der Waals surface area contributed by atoms with Gasteiger partial charge >= 0.3 is 0 Å². The number of anilines is 1. The number of rotatable bonds is 4. The van der Waals surface area contributed by atoms with E-state index in [0.717, 1.165) is 46.2 Å². The molecule has 7 nitrogen and oxygen atoms in total. The van der Waals surface area contributed by atoms with E-state index in [2.05, 4.69) is 25.4 Å². The van der Waals surface area contributed by atoms with Crippen LogP contribution in [0.25, 0.3) is 38.2 Å². The van der Waals surface area contributed by atoms with Crippen LogP contribution in [0.5, 0.6) is 0 Å². The van der Waals surface area contributed by atoms with Gasteiger partial charge in [0.2, 0.25) is 0 Å². The van der Waals surface area contributed by atoms with E-state index in [1.165, 1.54) is 0 Å². The van der Waals surface area contributed by atoms with Crippen LogP contribution in [0.15, 0.2) is 41.6 Å². The smallest absolute Gasteiger partial charge is 0.200 e. The predicted octanol–water partition coefficient (Wildman–Crippen LogP) is 2.29. The Bertz CT molecular complexity index is 1320. The van der Waals surface area contributed by atoms with Crippen LogP contribution in [0.4, 0.5) is 5.69 Å². The minimum absolute atomic E-state index is 0.0120. The number of benzene rings is 2. The van der Waals surface area contributed by atoms with Crippen molar-refractivity contribution in [2.24, 2.45) is 0 Å². The van der Waals surface area contributed by atoms with Gasteiger partial charge in [-0.05, 0) is 38.4 Å². The summed E-state index contributed by atoms with van der Waals surface area (Å²) in [6, 6.07) is 7.81. The number of imidazole rings is 1. The van der Waals surface area contributed by atoms with Gasteiger partial charge in [0.1, 0.15) is 6.33 Å². The Labute approximate surface area is 148 Å². The lowest BCUT2D eigenvalue weighted by atomic mass is 10.0. The largest absolute Gasteiger partial charge is 0.383 e. The van der Waals surface area contributed by atoms with Crippen LogP contribution in [0.3, 0.4) is 0 Å². The highest BCUT2D eigenvalue weighted by Gasteiger charge is 2.18. The molecule has 0 unspecified atom stereocenters. The van der Waals surface area contributed by atoms with Crippen LogP contribution in [-0.2, 0) is 0 Å². The maximum atomic E-state index is 13.5. The zero-order chi connectivity index (χ0) is 17.8. The number of nitrogens with one attached hydrogen (secondary N) is 2. The summed E-state index contributed by atoms with van der Waals surface area (Å²) in [5.74, 6) is 0. The zero-order valence-electron chi connectivity index (χ0n) is 14.6. The van der Waals surface area contributed by atoms with E-state index in [9.17, 15) is 4.79 Å². The van der Waals surface area contributed by atoms with E-state index < -0.39 is 0 Å². The first-order valence-electron chi connectivity index (χ1n) is 8.55. The second-order valence-electron chi connectivity index (χ2n) is 6.82. The van der Waals surface area contributed by atoms with E-state index in [-0.39, 0.29) is 5.43 Å². The Morgan fingerprint density at radius 1 is 1.19 bits per heavy atom. The maximum Gasteiger partial charge on any atom is 0.200 e. The van der Waals surface area contributed by atoms with Gasteiger partial charge in [-0.2, -0.15) is 5.10 Å². The summed E-state index contributed by atoms with van der Waals surface area (Å²) >= 11 is 0. The number of fused-ring (bicyclic) bond motifs is 4. The van der Waals surface area contributed by atoms with Crippen molar-refractivity contribution >= 4 is 43.9 Å². The number of hydrogen-bond acceptors (Lipinski definition) is 5. The average Bonchev–Trinajstić information content (AvgIpc) is 3.26. The summed E-state index contributed by atoms with van der Waals surface area (Å²) in [5, 5.41) is 12.7. The monoisotopic (exact) mass is 346 g/mol. The van der Waals surface area contributed by atoms with E-state index in [1.54, 1.807) is 12.5 Å². The molecule has 2 N–H and O–H groups in total. The van der Waals surface area contributed by atoms with Gasteiger partial charge < -0.3 is 10.2 Å². The second kappa shape index (κ2) is 5.40. The van der Waals surface area contributed by atoms with Crippen molar-refractivity contribution in [3.63, 3.8) is 0 Å². The molecule has 3 heterocycles. The normalized spacial score (nSPS) is 12.3. The lowest BCUT2D eigenvalue weighted by Gasteiger charge is -2.14. The molecule has 0 saturated carbocycles. The SMILES string of the molecule is CN(C)CCNc1ccc2ncn3c4ccc5[nH]ncc5c4c(=O)c1c23. The molecule has 3 aromatic heterocycles. The minimum Gasteiger partial charge on any atom is -0.383 e. The molecular weight excluding hydrogens is 328 g/mol. The maximum absolute atomic E-state index is 13.5. The summed E-state index contributed by atoms with van der Waals surface area (Å²) in [6.45, 7) is 1.64. The van der Waals surface area contributed by atoms with Gasteiger partial charge in [0.05, 0.1) is 39.0 Å². The molecule has 2 aromatic carbocycles. The molecule has 0 saturated heterocycles. The van der Waals surface area contributed by atoms with Gasteiger partial charge in [-0.25, -0.2) is 4.98 Å².